The first kappa shape index (κ1) is 38.3. The number of thiophene rings is 1. The van der Waals surface area contributed by atoms with Crippen molar-refractivity contribution < 1.29 is 0 Å². The molecule has 1 aliphatic carbocycles. The second-order valence-electron chi connectivity index (χ2n) is 22.1. The summed E-state index contributed by atoms with van der Waals surface area (Å²) in [5, 5.41) is 3.91. The van der Waals surface area contributed by atoms with Gasteiger partial charge in [0.25, 0.3) is 6.71 Å². The summed E-state index contributed by atoms with van der Waals surface area (Å²) < 4.78 is 2.72. The molecule has 0 N–H and O–H groups in total. The van der Waals surface area contributed by atoms with Crippen molar-refractivity contribution in [2.24, 2.45) is 0 Å². The molecule has 0 spiro atoms. The van der Waals surface area contributed by atoms with E-state index in [2.05, 4.69) is 197 Å². The quantitative estimate of drug-likeness (QED) is 0.163. The standard InChI is InChI=1S/C54H58BN3S/c1-50(2,3)34-16-19-37(20-17-34)58-43-23-18-36(52(7,8)9)29-42(43)55-46-44(24-25-56-49(46)58)57(38-21-22-40-41(30-38)54(12,13)31-53(40,10)11)47-39-27-33-26-35(51(4,5)6)15-14-32(33)28-45(39)59-48(47)55/h14-30H,31H2,1-13H3. The summed E-state index contributed by atoms with van der Waals surface area (Å²) in [7, 11) is 0. The van der Waals surface area contributed by atoms with Crippen LogP contribution in [0.1, 0.15) is 124 Å². The number of rotatable bonds is 2. The van der Waals surface area contributed by atoms with Gasteiger partial charge in [0, 0.05) is 43.8 Å². The zero-order chi connectivity index (χ0) is 41.8. The molecular formula is C54H58BN3S. The first-order valence-electron chi connectivity index (χ1n) is 21.6. The zero-order valence-corrected chi connectivity index (χ0v) is 38.2. The molecule has 4 heterocycles. The van der Waals surface area contributed by atoms with Gasteiger partial charge in [0.1, 0.15) is 5.82 Å². The van der Waals surface area contributed by atoms with Crippen LogP contribution < -0.4 is 25.5 Å². The van der Waals surface area contributed by atoms with Crippen molar-refractivity contribution in [3.63, 3.8) is 0 Å². The van der Waals surface area contributed by atoms with E-state index in [1.807, 2.05) is 17.5 Å². The summed E-state index contributed by atoms with van der Waals surface area (Å²) in [6.07, 6.45) is 3.18. The molecule has 59 heavy (non-hydrogen) atoms. The number of hydrogen-bond donors (Lipinski definition) is 0. The fourth-order valence-electron chi connectivity index (χ4n) is 10.7. The topological polar surface area (TPSA) is 19.4 Å². The monoisotopic (exact) mass is 791 g/mol. The van der Waals surface area contributed by atoms with Crippen molar-refractivity contribution >= 4 is 88.9 Å². The molecule has 0 bridgehead atoms. The van der Waals surface area contributed by atoms with Crippen molar-refractivity contribution in [2.75, 3.05) is 9.80 Å². The van der Waals surface area contributed by atoms with E-state index in [1.54, 1.807) is 0 Å². The van der Waals surface area contributed by atoms with Crippen LogP contribution in [-0.2, 0) is 27.1 Å². The number of benzene rings is 5. The molecule has 298 valence electrons. The van der Waals surface area contributed by atoms with Gasteiger partial charge in [-0.25, -0.2) is 4.98 Å². The number of fused-ring (bicyclic) bond motifs is 8. The van der Waals surface area contributed by atoms with Gasteiger partial charge in [-0.05, 0) is 132 Å². The van der Waals surface area contributed by atoms with E-state index in [1.165, 1.54) is 87.1 Å². The minimum Gasteiger partial charge on any atom is -0.310 e. The molecule has 0 amide bonds. The van der Waals surface area contributed by atoms with E-state index in [9.17, 15) is 0 Å². The fraction of sp³-hybridized carbons (Fsp3) is 0.352. The molecule has 3 nitrogen and oxygen atoms in total. The minimum atomic E-state index is -0.0105. The Morgan fingerprint density at radius 2 is 1.20 bits per heavy atom. The van der Waals surface area contributed by atoms with Crippen LogP contribution in [0.15, 0.2) is 103 Å². The number of aromatic nitrogens is 1. The second kappa shape index (κ2) is 12.4. The van der Waals surface area contributed by atoms with E-state index >= 15 is 0 Å². The van der Waals surface area contributed by atoms with Crippen molar-refractivity contribution in [2.45, 2.75) is 124 Å². The molecule has 3 aliphatic rings. The molecule has 0 saturated carbocycles. The average molecular weight is 792 g/mol. The highest BCUT2D eigenvalue weighted by Gasteiger charge is 2.47. The van der Waals surface area contributed by atoms with Crippen LogP contribution in [-0.4, -0.2) is 11.7 Å². The first-order chi connectivity index (χ1) is 27.6. The Balaban J connectivity index is 1.30. The van der Waals surface area contributed by atoms with Crippen LogP contribution in [0.2, 0.25) is 0 Å². The Labute approximate surface area is 356 Å². The maximum Gasteiger partial charge on any atom is 0.266 e. The Kier molecular flexibility index (Phi) is 8.03. The highest BCUT2D eigenvalue weighted by atomic mass is 32.1. The van der Waals surface area contributed by atoms with Crippen LogP contribution in [0.25, 0.3) is 20.9 Å². The van der Waals surface area contributed by atoms with E-state index in [0.29, 0.717) is 0 Å². The van der Waals surface area contributed by atoms with Gasteiger partial charge in [0.2, 0.25) is 0 Å². The van der Waals surface area contributed by atoms with E-state index < -0.39 is 0 Å². The lowest BCUT2D eigenvalue weighted by atomic mass is 9.36. The molecule has 0 fully saturated rings. The average Bonchev–Trinajstić information content (AvgIpc) is 3.61. The molecule has 2 aliphatic heterocycles. The summed E-state index contributed by atoms with van der Waals surface area (Å²) in [6.45, 7) is 30.5. The summed E-state index contributed by atoms with van der Waals surface area (Å²) in [5.74, 6) is 1.02. The predicted molar refractivity (Wildman–Crippen MR) is 258 cm³/mol. The normalized spacial score (nSPS) is 16.7. The molecule has 5 heteroatoms. The molecule has 7 aromatic rings. The van der Waals surface area contributed by atoms with Crippen LogP contribution in [0.5, 0.6) is 0 Å². The summed E-state index contributed by atoms with van der Waals surface area (Å²) >= 11 is 1.98. The lowest BCUT2D eigenvalue weighted by molar-refractivity contribution is 0.403. The lowest BCUT2D eigenvalue weighted by Crippen LogP contribution is -2.61. The minimum absolute atomic E-state index is 0.0105. The third-order valence-corrected chi connectivity index (χ3v) is 14.9. The number of hydrogen-bond acceptors (Lipinski definition) is 4. The van der Waals surface area contributed by atoms with E-state index in [-0.39, 0.29) is 33.8 Å². The van der Waals surface area contributed by atoms with Crippen LogP contribution in [0.3, 0.4) is 0 Å². The van der Waals surface area contributed by atoms with Crippen LogP contribution >= 0.6 is 11.3 Å². The molecule has 0 radical (unpaired) electrons. The van der Waals surface area contributed by atoms with E-state index in [4.69, 9.17) is 4.98 Å². The first-order valence-corrected chi connectivity index (χ1v) is 22.4. The van der Waals surface area contributed by atoms with Gasteiger partial charge < -0.3 is 4.90 Å². The summed E-state index contributed by atoms with van der Waals surface area (Å²) in [5.41, 5.74) is 16.0. The second-order valence-corrected chi connectivity index (χ2v) is 23.2. The Hall–Kier alpha value is -4.87. The molecule has 10 rings (SSSR count). The predicted octanol–water partition coefficient (Wildman–Crippen LogP) is 13.4. The molecule has 5 aromatic carbocycles. The Bertz CT molecular complexity index is 2870. The Morgan fingerprint density at radius 3 is 1.90 bits per heavy atom. The molecule has 0 unspecified atom stereocenters. The van der Waals surface area contributed by atoms with Crippen LogP contribution in [0.4, 0.5) is 34.3 Å². The van der Waals surface area contributed by atoms with E-state index in [0.717, 1.165) is 17.9 Å². The van der Waals surface area contributed by atoms with Gasteiger partial charge in [-0.1, -0.05) is 139 Å². The third-order valence-electron chi connectivity index (χ3n) is 13.7. The maximum atomic E-state index is 5.35. The zero-order valence-electron chi connectivity index (χ0n) is 37.3. The lowest BCUT2D eigenvalue weighted by Gasteiger charge is -2.42. The van der Waals surface area contributed by atoms with Crippen molar-refractivity contribution in [1.82, 2.24) is 4.98 Å². The summed E-state index contributed by atoms with van der Waals surface area (Å²) in [6, 6.07) is 38.1. The van der Waals surface area contributed by atoms with Gasteiger partial charge >= 0.3 is 0 Å². The molecule has 0 atom stereocenters. The highest BCUT2D eigenvalue weighted by molar-refractivity contribution is 7.33. The van der Waals surface area contributed by atoms with Crippen molar-refractivity contribution in [3.8, 4) is 0 Å². The fourth-order valence-corrected chi connectivity index (χ4v) is 12.1. The SMILES string of the molecule is CC(C)(C)c1ccc(N2c3ccc(C(C)(C)C)cc3B3c4sc5cc6ccc(C(C)(C)C)cc6cc5c4N(c4ccc5c(c4)C(C)(C)CC5(C)C)c4ccnc2c43)cc1. The van der Waals surface area contributed by atoms with Gasteiger partial charge in [-0.2, -0.15) is 0 Å². The van der Waals surface area contributed by atoms with Crippen molar-refractivity contribution in [1.29, 1.82) is 0 Å². The number of pyridine rings is 1. The smallest absolute Gasteiger partial charge is 0.266 e. The number of nitrogens with zero attached hydrogens (tertiary/aromatic N) is 3. The van der Waals surface area contributed by atoms with Crippen LogP contribution in [0, 0.1) is 0 Å². The highest BCUT2D eigenvalue weighted by Crippen LogP contribution is 2.53. The van der Waals surface area contributed by atoms with Gasteiger partial charge in [-0.3, -0.25) is 4.90 Å². The largest absolute Gasteiger partial charge is 0.310 e. The van der Waals surface area contributed by atoms with Gasteiger partial charge in [0.05, 0.1) is 5.69 Å². The maximum absolute atomic E-state index is 5.35. The molecule has 0 saturated heterocycles. The molecule has 2 aromatic heterocycles. The summed E-state index contributed by atoms with van der Waals surface area (Å²) in [4.78, 5) is 10.4. The number of anilines is 6. The van der Waals surface area contributed by atoms with Crippen molar-refractivity contribution in [3.05, 3.63) is 131 Å². The van der Waals surface area contributed by atoms with Gasteiger partial charge in [-0.15, -0.1) is 11.3 Å². The van der Waals surface area contributed by atoms with Gasteiger partial charge in [0.15, 0.2) is 0 Å². The Morgan fingerprint density at radius 1 is 0.576 bits per heavy atom. The third kappa shape index (κ3) is 5.85. The molecular weight excluding hydrogens is 733 g/mol.